The topological polar surface area (TPSA) is 86.7 Å². The molecule has 0 aliphatic heterocycles. The Labute approximate surface area is 131 Å². The average Bonchev–Trinajstić information content (AvgIpc) is 2.44. The minimum atomic E-state index is -0.585. The van der Waals surface area contributed by atoms with E-state index in [1.54, 1.807) is 27.7 Å². The normalized spacial score (nSPS) is 13.1. The quantitative estimate of drug-likeness (QED) is 0.429. The molecule has 0 spiro atoms. The Morgan fingerprint density at radius 3 is 1.23 bits per heavy atom. The van der Waals surface area contributed by atoms with Gasteiger partial charge in [0.1, 0.15) is 24.4 Å². The Bertz CT molecular complexity index is 363. The van der Waals surface area contributed by atoms with E-state index in [-0.39, 0.29) is 37.6 Å². The first-order chi connectivity index (χ1) is 10.4. The van der Waals surface area contributed by atoms with Gasteiger partial charge >= 0.3 is 11.9 Å². The summed E-state index contributed by atoms with van der Waals surface area (Å²) < 4.78 is 9.52. The first-order valence-corrected chi connectivity index (χ1v) is 7.77. The zero-order chi connectivity index (χ0) is 17.1. The monoisotopic (exact) mass is 314 g/mol. The zero-order valence-electron chi connectivity index (χ0n) is 13.8. The molecule has 2 unspecified atom stereocenters. The maximum absolute atomic E-state index is 12.2. The van der Waals surface area contributed by atoms with Gasteiger partial charge < -0.3 is 9.47 Å². The molecule has 0 aromatic rings. The Hall–Kier alpha value is -1.72. The van der Waals surface area contributed by atoms with Crippen molar-refractivity contribution in [2.24, 2.45) is 11.8 Å². The van der Waals surface area contributed by atoms with Gasteiger partial charge in [-0.25, -0.2) is 0 Å². The van der Waals surface area contributed by atoms with Gasteiger partial charge in [-0.15, -0.1) is 0 Å². The highest BCUT2D eigenvalue weighted by molar-refractivity contribution is 6.02. The van der Waals surface area contributed by atoms with Crippen LogP contribution in [0.3, 0.4) is 0 Å². The van der Waals surface area contributed by atoms with Gasteiger partial charge in [0.05, 0.1) is 13.2 Å². The van der Waals surface area contributed by atoms with Crippen molar-refractivity contribution in [3.8, 4) is 0 Å². The van der Waals surface area contributed by atoms with Crippen molar-refractivity contribution >= 4 is 23.5 Å². The molecule has 0 fully saturated rings. The summed E-state index contributed by atoms with van der Waals surface area (Å²) >= 11 is 0. The van der Waals surface area contributed by atoms with Crippen LogP contribution < -0.4 is 0 Å². The first kappa shape index (κ1) is 20.3. The van der Waals surface area contributed by atoms with E-state index in [1.807, 2.05) is 0 Å². The molecule has 126 valence electrons. The molecule has 2 atom stereocenters. The average molecular weight is 314 g/mol. The summed E-state index contributed by atoms with van der Waals surface area (Å²) in [5, 5.41) is 0. The van der Waals surface area contributed by atoms with E-state index < -0.39 is 23.8 Å². The smallest absolute Gasteiger partial charge is 0.313 e. The summed E-state index contributed by atoms with van der Waals surface area (Å²) in [6.07, 6.45) is 0.196. The Morgan fingerprint density at radius 1 is 0.682 bits per heavy atom. The molecule has 6 nitrogen and oxygen atoms in total. The highest BCUT2D eigenvalue weighted by atomic mass is 16.5. The van der Waals surface area contributed by atoms with Crippen LogP contribution in [0.15, 0.2) is 0 Å². The van der Waals surface area contributed by atoms with Crippen molar-refractivity contribution in [2.75, 3.05) is 13.2 Å². The third-order valence-corrected chi connectivity index (χ3v) is 3.44. The fraction of sp³-hybridized carbons (Fsp3) is 0.750. The highest BCUT2D eigenvalue weighted by Gasteiger charge is 2.32. The lowest BCUT2D eigenvalue weighted by molar-refractivity contribution is -0.150. The van der Waals surface area contributed by atoms with Crippen LogP contribution in [0.5, 0.6) is 0 Å². The number of esters is 2. The third-order valence-electron chi connectivity index (χ3n) is 3.44. The van der Waals surface area contributed by atoms with Crippen molar-refractivity contribution in [1.29, 1.82) is 0 Å². The molecule has 0 rings (SSSR count). The second kappa shape index (κ2) is 10.9. The van der Waals surface area contributed by atoms with Crippen molar-refractivity contribution in [3.05, 3.63) is 0 Å². The molecule has 6 heteroatoms. The van der Waals surface area contributed by atoms with Gasteiger partial charge in [0.15, 0.2) is 0 Å². The van der Waals surface area contributed by atoms with Gasteiger partial charge in [-0.1, -0.05) is 13.8 Å². The molecule has 0 aliphatic carbocycles. The van der Waals surface area contributed by atoms with Gasteiger partial charge in [-0.3, -0.25) is 19.2 Å². The number of hydrogen-bond donors (Lipinski definition) is 0. The lowest BCUT2D eigenvalue weighted by Crippen LogP contribution is -2.32. The molecule has 0 saturated heterocycles. The molecule has 0 amide bonds. The number of Topliss-reactive ketones (excluding diaryl/α,β-unsaturated/α-hetero) is 2. The minimum absolute atomic E-state index is 0.210. The van der Waals surface area contributed by atoms with E-state index in [0.29, 0.717) is 12.8 Å². The molecule has 0 N–H and O–H groups in total. The maximum atomic E-state index is 12.2. The van der Waals surface area contributed by atoms with E-state index >= 15 is 0 Å². The van der Waals surface area contributed by atoms with Crippen LogP contribution in [0.4, 0.5) is 0 Å². The van der Waals surface area contributed by atoms with Gasteiger partial charge in [-0.05, 0) is 26.7 Å². The van der Waals surface area contributed by atoms with E-state index in [2.05, 4.69) is 0 Å². The summed E-state index contributed by atoms with van der Waals surface area (Å²) in [5.41, 5.74) is 0. The summed E-state index contributed by atoms with van der Waals surface area (Å²) in [6, 6.07) is 0. The van der Waals surface area contributed by atoms with Crippen molar-refractivity contribution in [2.45, 2.75) is 53.4 Å². The Balaban J connectivity index is 4.84. The fourth-order valence-electron chi connectivity index (χ4n) is 2.44. The van der Waals surface area contributed by atoms with Gasteiger partial charge in [-0.2, -0.15) is 0 Å². The molecule has 0 bridgehead atoms. The van der Waals surface area contributed by atoms with Crippen LogP contribution in [0, 0.1) is 11.8 Å². The molecule has 0 heterocycles. The summed E-state index contributed by atoms with van der Waals surface area (Å²) in [5.74, 6) is -2.94. The maximum Gasteiger partial charge on any atom is 0.313 e. The molecular formula is C16H26O6. The lowest BCUT2D eigenvalue weighted by atomic mass is 9.80. The summed E-state index contributed by atoms with van der Waals surface area (Å²) in [7, 11) is 0. The zero-order valence-corrected chi connectivity index (χ0v) is 13.8. The molecule has 0 aromatic carbocycles. The standard InChI is InChI=1S/C16H26O6/c1-5-11(13(17)9-15(19)21-7-3)12(6-2)14(18)10-16(20)22-8-4/h11-12H,5-10H2,1-4H3. The number of ketones is 2. The Kier molecular flexibility index (Phi) is 10.1. The number of ether oxygens (including phenoxy) is 2. The number of carbonyl (C=O) groups is 4. The number of rotatable bonds is 11. The van der Waals surface area contributed by atoms with E-state index in [4.69, 9.17) is 9.47 Å². The summed E-state index contributed by atoms with van der Waals surface area (Å²) in [4.78, 5) is 47.2. The second-order valence-corrected chi connectivity index (χ2v) is 4.93. The molecule has 0 saturated carbocycles. The van der Waals surface area contributed by atoms with Crippen molar-refractivity contribution < 1.29 is 28.7 Å². The first-order valence-electron chi connectivity index (χ1n) is 7.77. The molecule has 22 heavy (non-hydrogen) atoms. The molecular weight excluding hydrogens is 288 g/mol. The van der Waals surface area contributed by atoms with Crippen LogP contribution in [0.2, 0.25) is 0 Å². The molecule has 0 radical (unpaired) electrons. The van der Waals surface area contributed by atoms with E-state index in [1.165, 1.54) is 0 Å². The van der Waals surface area contributed by atoms with Crippen LogP contribution >= 0.6 is 0 Å². The lowest BCUT2D eigenvalue weighted by Gasteiger charge is -2.22. The third kappa shape index (κ3) is 6.83. The van der Waals surface area contributed by atoms with Crippen molar-refractivity contribution in [3.63, 3.8) is 0 Å². The summed E-state index contributed by atoms with van der Waals surface area (Å²) in [6.45, 7) is 7.32. The largest absolute Gasteiger partial charge is 0.466 e. The Morgan fingerprint density at radius 2 is 1.00 bits per heavy atom. The molecule has 0 aliphatic rings. The SMILES string of the molecule is CCOC(=O)CC(=O)C(CC)C(CC)C(=O)CC(=O)OCC. The van der Waals surface area contributed by atoms with Gasteiger partial charge in [0.25, 0.3) is 0 Å². The van der Waals surface area contributed by atoms with E-state index in [9.17, 15) is 19.2 Å². The van der Waals surface area contributed by atoms with Gasteiger partial charge in [0.2, 0.25) is 0 Å². The van der Waals surface area contributed by atoms with Crippen LogP contribution in [0.25, 0.3) is 0 Å². The van der Waals surface area contributed by atoms with Crippen LogP contribution in [-0.2, 0) is 28.7 Å². The van der Waals surface area contributed by atoms with E-state index in [0.717, 1.165) is 0 Å². The number of hydrogen-bond acceptors (Lipinski definition) is 6. The van der Waals surface area contributed by atoms with Crippen LogP contribution in [-0.4, -0.2) is 36.7 Å². The van der Waals surface area contributed by atoms with Gasteiger partial charge in [0, 0.05) is 11.8 Å². The molecule has 0 aromatic heterocycles. The minimum Gasteiger partial charge on any atom is -0.466 e. The second-order valence-electron chi connectivity index (χ2n) is 4.93. The van der Waals surface area contributed by atoms with Crippen LogP contribution in [0.1, 0.15) is 53.4 Å². The highest BCUT2D eigenvalue weighted by Crippen LogP contribution is 2.24. The number of carbonyl (C=O) groups excluding carboxylic acids is 4. The predicted molar refractivity (Wildman–Crippen MR) is 80.1 cm³/mol. The van der Waals surface area contributed by atoms with Crippen molar-refractivity contribution in [1.82, 2.24) is 0 Å². The predicted octanol–water partition coefficient (Wildman–Crippen LogP) is 2.08. The fourth-order valence-corrected chi connectivity index (χ4v) is 2.44.